The lowest BCUT2D eigenvalue weighted by Gasteiger charge is -2.20. The molecule has 0 saturated carbocycles. The number of benzene rings is 1. The molecule has 0 bridgehead atoms. The highest BCUT2D eigenvalue weighted by Crippen LogP contribution is 2.24. The number of aliphatic hydroxyl groups excluding tert-OH is 1. The van der Waals surface area contributed by atoms with Crippen LogP contribution in [0, 0.1) is 0 Å². The van der Waals surface area contributed by atoms with Gasteiger partial charge in [-0.1, -0.05) is 22.0 Å². The summed E-state index contributed by atoms with van der Waals surface area (Å²) < 4.78 is 1.14. The molecule has 1 atom stereocenters. The number of rotatable bonds is 0. The Morgan fingerprint density at radius 1 is 1.33 bits per heavy atom. The van der Waals surface area contributed by atoms with Gasteiger partial charge in [-0.15, -0.1) is 0 Å². The average Bonchev–Trinajstić information content (AvgIpc) is 2.05. The van der Waals surface area contributed by atoms with Crippen LogP contribution in [0.15, 0.2) is 22.7 Å². The normalized spacial score (nSPS) is 22.0. The van der Waals surface area contributed by atoms with E-state index in [1.165, 1.54) is 11.1 Å². The zero-order chi connectivity index (χ0) is 8.55. The van der Waals surface area contributed by atoms with Gasteiger partial charge in [-0.25, -0.2) is 0 Å². The predicted molar refractivity (Wildman–Crippen MR) is 52.2 cm³/mol. The van der Waals surface area contributed by atoms with Crippen molar-refractivity contribution < 1.29 is 5.11 Å². The van der Waals surface area contributed by atoms with Crippen LogP contribution in [0.3, 0.4) is 0 Å². The van der Waals surface area contributed by atoms with Gasteiger partial charge in [-0.3, -0.25) is 0 Å². The van der Waals surface area contributed by atoms with Crippen molar-refractivity contribution in [2.75, 3.05) is 0 Å². The molecule has 64 valence electrons. The van der Waals surface area contributed by atoms with Crippen molar-refractivity contribution in [1.29, 1.82) is 0 Å². The summed E-state index contributed by atoms with van der Waals surface area (Å²) in [5.74, 6) is 0. The number of halogens is 1. The van der Waals surface area contributed by atoms with Crippen molar-refractivity contribution in [3.8, 4) is 0 Å². The first-order valence-electron chi connectivity index (χ1n) is 4.21. The molecule has 0 saturated heterocycles. The number of aliphatic hydroxyl groups is 1. The van der Waals surface area contributed by atoms with Crippen molar-refractivity contribution >= 4 is 15.9 Å². The quantitative estimate of drug-likeness (QED) is 0.720. The lowest BCUT2D eigenvalue weighted by atomic mass is 9.90. The summed E-state index contributed by atoms with van der Waals surface area (Å²) in [4.78, 5) is 0. The molecule has 1 aromatic carbocycles. The maximum Gasteiger partial charge on any atom is 0.0583 e. The molecule has 0 unspecified atom stereocenters. The highest BCUT2D eigenvalue weighted by atomic mass is 79.9. The molecule has 1 aliphatic rings. The first-order chi connectivity index (χ1) is 5.75. The number of hydrogen-bond donors (Lipinski definition) is 1. The number of hydrogen-bond acceptors (Lipinski definition) is 1. The van der Waals surface area contributed by atoms with E-state index in [2.05, 4.69) is 28.1 Å². The molecule has 0 radical (unpaired) electrons. The minimum absolute atomic E-state index is 0.126. The number of aryl methyl sites for hydroxylation is 1. The molecular weight excluding hydrogens is 216 g/mol. The molecule has 0 heterocycles. The van der Waals surface area contributed by atoms with Crippen molar-refractivity contribution in [2.24, 2.45) is 0 Å². The molecule has 1 N–H and O–H groups in total. The smallest absolute Gasteiger partial charge is 0.0583 e. The Morgan fingerprint density at radius 2 is 2.17 bits per heavy atom. The Morgan fingerprint density at radius 3 is 3.00 bits per heavy atom. The van der Waals surface area contributed by atoms with Gasteiger partial charge in [0.05, 0.1) is 6.10 Å². The third-order valence-electron chi connectivity index (χ3n) is 2.37. The Bertz CT molecular complexity index is 296. The van der Waals surface area contributed by atoms with E-state index in [-0.39, 0.29) is 6.10 Å². The van der Waals surface area contributed by atoms with Crippen molar-refractivity contribution in [2.45, 2.75) is 25.4 Å². The fraction of sp³-hybridized carbons (Fsp3) is 0.400. The summed E-state index contributed by atoms with van der Waals surface area (Å²) in [7, 11) is 0. The molecule has 2 heteroatoms. The molecular formula is C10H11BrO. The van der Waals surface area contributed by atoms with Gasteiger partial charge in [0, 0.05) is 4.47 Å². The van der Waals surface area contributed by atoms with Gasteiger partial charge in [0.1, 0.15) is 0 Å². The maximum absolute atomic E-state index is 9.41. The van der Waals surface area contributed by atoms with E-state index in [1.54, 1.807) is 0 Å². The van der Waals surface area contributed by atoms with Crippen LogP contribution in [0.4, 0.5) is 0 Å². The second kappa shape index (κ2) is 3.19. The Kier molecular flexibility index (Phi) is 2.20. The molecule has 0 amide bonds. The fourth-order valence-corrected chi connectivity index (χ4v) is 2.11. The summed E-state index contributed by atoms with van der Waals surface area (Å²) in [6.07, 6.45) is 2.61. The zero-order valence-corrected chi connectivity index (χ0v) is 8.34. The molecule has 1 nitrogen and oxygen atoms in total. The topological polar surface area (TPSA) is 20.2 Å². The van der Waals surface area contributed by atoms with Crippen LogP contribution in [0.5, 0.6) is 0 Å². The van der Waals surface area contributed by atoms with Gasteiger partial charge in [-0.2, -0.15) is 0 Å². The van der Waals surface area contributed by atoms with Crippen LogP contribution in [0.25, 0.3) is 0 Å². The molecule has 0 aliphatic heterocycles. The molecule has 0 spiro atoms. The van der Waals surface area contributed by atoms with Crippen molar-refractivity contribution in [3.05, 3.63) is 33.8 Å². The Labute approximate surface area is 80.5 Å². The van der Waals surface area contributed by atoms with Crippen LogP contribution in [-0.4, -0.2) is 11.2 Å². The van der Waals surface area contributed by atoms with Gasteiger partial charge in [0.15, 0.2) is 0 Å². The highest BCUT2D eigenvalue weighted by Gasteiger charge is 2.15. The first kappa shape index (κ1) is 8.27. The summed E-state index contributed by atoms with van der Waals surface area (Å²) in [5, 5.41) is 9.41. The maximum atomic E-state index is 9.41. The van der Waals surface area contributed by atoms with E-state index in [4.69, 9.17) is 0 Å². The summed E-state index contributed by atoms with van der Waals surface area (Å²) in [6, 6.07) is 6.29. The van der Waals surface area contributed by atoms with Crippen molar-refractivity contribution in [1.82, 2.24) is 0 Å². The van der Waals surface area contributed by atoms with Crippen LogP contribution in [0.1, 0.15) is 17.5 Å². The lowest BCUT2D eigenvalue weighted by molar-refractivity contribution is 0.158. The van der Waals surface area contributed by atoms with Crippen LogP contribution in [0.2, 0.25) is 0 Å². The molecule has 12 heavy (non-hydrogen) atoms. The van der Waals surface area contributed by atoms with E-state index < -0.39 is 0 Å². The first-order valence-corrected chi connectivity index (χ1v) is 5.00. The van der Waals surface area contributed by atoms with E-state index in [9.17, 15) is 5.11 Å². The van der Waals surface area contributed by atoms with E-state index in [1.807, 2.05) is 6.07 Å². The summed E-state index contributed by atoms with van der Waals surface area (Å²) >= 11 is 3.44. The SMILES string of the molecule is O[C@H]1CCc2cc(Br)ccc2C1. The van der Waals surface area contributed by atoms with Crippen LogP contribution >= 0.6 is 15.9 Å². The third-order valence-corrected chi connectivity index (χ3v) is 2.86. The van der Waals surface area contributed by atoms with E-state index >= 15 is 0 Å². The van der Waals surface area contributed by atoms with Crippen molar-refractivity contribution in [3.63, 3.8) is 0 Å². The van der Waals surface area contributed by atoms with Gasteiger partial charge < -0.3 is 5.11 Å². The Balaban J connectivity index is 2.37. The second-order valence-electron chi connectivity index (χ2n) is 3.31. The van der Waals surface area contributed by atoms with Crippen LogP contribution < -0.4 is 0 Å². The molecule has 0 aromatic heterocycles. The van der Waals surface area contributed by atoms with E-state index in [0.717, 1.165) is 23.7 Å². The largest absolute Gasteiger partial charge is 0.393 e. The molecule has 1 aliphatic carbocycles. The minimum atomic E-state index is -0.126. The molecule has 0 fully saturated rings. The zero-order valence-electron chi connectivity index (χ0n) is 6.76. The lowest BCUT2D eigenvalue weighted by Crippen LogP contribution is -2.18. The summed E-state index contributed by atoms with van der Waals surface area (Å²) in [5.41, 5.74) is 2.69. The monoisotopic (exact) mass is 226 g/mol. The van der Waals surface area contributed by atoms with Gasteiger partial charge in [0.2, 0.25) is 0 Å². The third kappa shape index (κ3) is 1.54. The standard InChI is InChI=1S/C10H11BrO/c11-9-3-1-8-6-10(12)4-2-7(8)5-9/h1,3,5,10,12H,2,4,6H2/t10-/m0/s1. The van der Waals surface area contributed by atoms with Gasteiger partial charge in [-0.05, 0) is 42.5 Å². The second-order valence-corrected chi connectivity index (χ2v) is 4.23. The van der Waals surface area contributed by atoms with E-state index in [0.29, 0.717) is 0 Å². The van der Waals surface area contributed by atoms with Gasteiger partial charge >= 0.3 is 0 Å². The average molecular weight is 227 g/mol. The Hall–Kier alpha value is -0.340. The predicted octanol–water partition coefficient (Wildman–Crippen LogP) is 2.30. The summed E-state index contributed by atoms with van der Waals surface area (Å²) in [6.45, 7) is 0. The van der Waals surface area contributed by atoms with Crippen LogP contribution in [-0.2, 0) is 12.8 Å². The fourth-order valence-electron chi connectivity index (χ4n) is 1.70. The minimum Gasteiger partial charge on any atom is -0.393 e. The highest BCUT2D eigenvalue weighted by molar-refractivity contribution is 9.10. The molecule has 2 rings (SSSR count). The van der Waals surface area contributed by atoms with Gasteiger partial charge in [0.25, 0.3) is 0 Å². The molecule has 1 aromatic rings. The number of fused-ring (bicyclic) bond motifs is 1.